The summed E-state index contributed by atoms with van der Waals surface area (Å²) in [7, 11) is 0. The summed E-state index contributed by atoms with van der Waals surface area (Å²) in [4.78, 5) is 19.5. The highest BCUT2D eigenvalue weighted by Gasteiger charge is 2.29. The normalized spacial score (nSPS) is 21.3. The standard InChI is InChI=1S/C19H33N3O/c1-4-5-6-7-8-19(23)22-11-9-18(10-12-22)21-15-13-20(14-16-21)17(2)3/h17-18H,4,7-16H2,1-3H3. The van der Waals surface area contributed by atoms with Crippen LogP contribution in [0.2, 0.25) is 0 Å². The van der Waals surface area contributed by atoms with Gasteiger partial charge in [0.15, 0.2) is 0 Å². The third-order valence-electron chi connectivity index (χ3n) is 5.18. The maximum Gasteiger partial charge on any atom is 0.223 e. The summed E-state index contributed by atoms with van der Waals surface area (Å²) in [5.74, 6) is 6.40. The largest absolute Gasteiger partial charge is 0.343 e. The summed E-state index contributed by atoms with van der Waals surface area (Å²) in [6.45, 7) is 13.2. The number of hydrogen-bond donors (Lipinski definition) is 0. The molecule has 2 fully saturated rings. The van der Waals surface area contributed by atoms with Gasteiger partial charge in [0, 0.05) is 70.6 Å². The quantitative estimate of drug-likeness (QED) is 0.743. The Bertz CT molecular complexity index is 422. The Kier molecular flexibility index (Phi) is 7.39. The first kappa shape index (κ1) is 18.3. The van der Waals surface area contributed by atoms with E-state index in [0.29, 0.717) is 30.8 Å². The van der Waals surface area contributed by atoms with Crippen molar-refractivity contribution in [3.05, 3.63) is 0 Å². The van der Waals surface area contributed by atoms with E-state index in [-0.39, 0.29) is 0 Å². The molecule has 4 nitrogen and oxygen atoms in total. The number of piperazine rings is 1. The Hall–Kier alpha value is -1.05. The molecule has 130 valence electrons. The summed E-state index contributed by atoms with van der Waals surface area (Å²) in [6, 6.07) is 1.33. The van der Waals surface area contributed by atoms with E-state index in [4.69, 9.17) is 0 Å². The van der Waals surface area contributed by atoms with E-state index in [0.717, 1.165) is 32.4 Å². The van der Waals surface area contributed by atoms with Crippen molar-refractivity contribution in [2.24, 2.45) is 0 Å². The minimum atomic E-state index is 0.290. The van der Waals surface area contributed by atoms with Gasteiger partial charge in [0.1, 0.15) is 0 Å². The van der Waals surface area contributed by atoms with Gasteiger partial charge < -0.3 is 4.90 Å². The van der Waals surface area contributed by atoms with Gasteiger partial charge in [-0.3, -0.25) is 14.6 Å². The van der Waals surface area contributed by atoms with Crippen LogP contribution in [0.3, 0.4) is 0 Å². The van der Waals surface area contributed by atoms with Crippen molar-refractivity contribution >= 4 is 5.91 Å². The van der Waals surface area contributed by atoms with Gasteiger partial charge in [-0.1, -0.05) is 6.92 Å². The molecule has 0 aliphatic carbocycles. The maximum atomic E-state index is 12.2. The average molecular weight is 319 g/mol. The summed E-state index contributed by atoms with van der Waals surface area (Å²) < 4.78 is 0. The zero-order valence-electron chi connectivity index (χ0n) is 15.2. The third-order valence-corrected chi connectivity index (χ3v) is 5.18. The summed E-state index contributed by atoms with van der Waals surface area (Å²) >= 11 is 0. The second-order valence-corrected chi connectivity index (χ2v) is 6.98. The smallest absolute Gasteiger partial charge is 0.223 e. The zero-order chi connectivity index (χ0) is 16.7. The highest BCUT2D eigenvalue weighted by Crippen LogP contribution is 2.19. The molecule has 2 aliphatic rings. The number of piperidine rings is 1. The number of carbonyl (C=O) groups is 1. The molecule has 0 saturated carbocycles. The molecule has 0 unspecified atom stereocenters. The van der Waals surface area contributed by atoms with Gasteiger partial charge in [0.2, 0.25) is 5.91 Å². The summed E-state index contributed by atoms with van der Waals surface area (Å²) in [6.07, 6.45) is 4.44. The molecule has 0 aromatic heterocycles. The number of carbonyl (C=O) groups excluding carboxylic acids is 1. The lowest BCUT2D eigenvalue weighted by Gasteiger charge is -2.43. The van der Waals surface area contributed by atoms with E-state index < -0.39 is 0 Å². The predicted molar refractivity (Wildman–Crippen MR) is 95.2 cm³/mol. The second kappa shape index (κ2) is 9.30. The van der Waals surface area contributed by atoms with Gasteiger partial charge in [0.05, 0.1) is 0 Å². The van der Waals surface area contributed by atoms with Gasteiger partial charge >= 0.3 is 0 Å². The topological polar surface area (TPSA) is 26.8 Å². The SMILES string of the molecule is CCC#CCCC(=O)N1CCC(N2CCN(C(C)C)CC2)CC1. The average Bonchev–Trinajstić information content (AvgIpc) is 2.59. The van der Waals surface area contributed by atoms with Crippen molar-refractivity contribution in [2.75, 3.05) is 39.3 Å². The number of nitrogens with zero attached hydrogens (tertiary/aromatic N) is 3. The molecule has 0 spiro atoms. The molecule has 0 bridgehead atoms. The van der Waals surface area contributed by atoms with E-state index in [2.05, 4.69) is 40.4 Å². The lowest BCUT2D eigenvalue weighted by atomic mass is 10.0. The minimum absolute atomic E-state index is 0.290. The van der Waals surface area contributed by atoms with Crippen LogP contribution in [0.4, 0.5) is 0 Å². The lowest BCUT2D eigenvalue weighted by molar-refractivity contribution is -0.132. The summed E-state index contributed by atoms with van der Waals surface area (Å²) in [5, 5.41) is 0. The van der Waals surface area contributed by atoms with Crippen molar-refractivity contribution in [2.45, 2.75) is 65.0 Å². The molecule has 0 N–H and O–H groups in total. The Morgan fingerprint density at radius 1 is 1.04 bits per heavy atom. The van der Waals surface area contributed by atoms with Crippen LogP contribution >= 0.6 is 0 Å². The molecule has 2 rings (SSSR count). The van der Waals surface area contributed by atoms with Crippen LogP contribution in [0.5, 0.6) is 0 Å². The van der Waals surface area contributed by atoms with E-state index in [1.165, 1.54) is 26.2 Å². The molecule has 0 aromatic carbocycles. The first-order valence-corrected chi connectivity index (χ1v) is 9.33. The van der Waals surface area contributed by atoms with Gasteiger partial charge in [-0.05, 0) is 26.7 Å². The first-order chi connectivity index (χ1) is 11.1. The van der Waals surface area contributed by atoms with Gasteiger partial charge in [-0.2, -0.15) is 0 Å². The second-order valence-electron chi connectivity index (χ2n) is 6.98. The molecule has 0 atom stereocenters. The molecular formula is C19H33N3O. The van der Waals surface area contributed by atoms with Crippen LogP contribution in [0.25, 0.3) is 0 Å². The minimum Gasteiger partial charge on any atom is -0.343 e. The molecule has 2 aliphatic heterocycles. The Labute approximate surface area is 142 Å². The summed E-state index contributed by atoms with van der Waals surface area (Å²) in [5.41, 5.74) is 0. The Balaban J connectivity index is 1.69. The third kappa shape index (κ3) is 5.51. The molecule has 0 aromatic rings. The van der Waals surface area contributed by atoms with E-state index in [1.807, 2.05) is 6.92 Å². The number of rotatable bonds is 4. The lowest BCUT2D eigenvalue weighted by Crippen LogP contribution is -2.54. The van der Waals surface area contributed by atoms with E-state index in [9.17, 15) is 4.79 Å². The number of amides is 1. The number of likely N-dealkylation sites (tertiary alicyclic amines) is 1. The molecule has 2 heterocycles. The van der Waals surface area contributed by atoms with Gasteiger partial charge in [-0.15, -0.1) is 11.8 Å². The zero-order valence-corrected chi connectivity index (χ0v) is 15.2. The Morgan fingerprint density at radius 2 is 1.70 bits per heavy atom. The molecule has 4 heteroatoms. The first-order valence-electron chi connectivity index (χ1n) is 9.33. The fourth-order valence-electron chi connectivity index (χ4n) is 3.64. The molecule has 1 amide bonds. The van der Waals surface area contributed by atoms with Crippen LogP contribution in [0.15, 0.2) is 0 Å². The van der Waals surface area contributed by atoms with Crippen LogP contribution in [-0.4, -0.2) is 72.0 Å². The predicted octanol–water partition coefficient (Wildman–Crippen LogP) is 2.20. The van der Waals surface area contributed by atoms with Crippen molar-refractivity contribution < 1.29 is 4.79 Å². The van der Waals surface area contributed by atoms with Crippen molar-refractivity contribution in [3.8, 4) is 11.8 Å². The number of hydrogen-bond acceptors (Lipinski definition) is 3. The highest BCUT2D eigenvalue weighted by atomic mass is 16.2. The molecule has 23 heavy (non-hydrogen) atoms. The van der Waals surface area contributed by atoms with Gasteiger partial charge in [0.25, 0.3) is 0 Å². The van der Waals surface area contributed by atoms with Crippen LogP contribution in [0, 0.1) is 11.8 Å². The van der Waals surface area contributed by atoms with Gasteiger partial charge in [-0.25, -0.2) is 0 Å². The molecule has 2 saturated heterocycles. The monoisotopic (exact) mass is 319 g/mol. The van der Waals surface area contributed by atoms with Crippen LogP contribution in [-0.2, 0) is 4.79 Å². The van der Waals surface area contributed by atoms with E-state index >= 15 is 0 Å². The fourth-order valence-corrected chi connectivity index (χ4v) is 3.64. The maximum absolute atomic E-state index is 12.2. The highest BCUT2D eigenvalue weighted by molar-refractivity contribution is 5.76. The van der Waals surface area contributed by atoms with Crippen LogP contribution in [0.1, 0.15) is 52.9 Å². The van der Waals surface area contributed by atoms with E-state index in [1.54, 1.807) is 0 Å². The fraction of sp³-hybridized carbons (Fsp3) is 0.842. The molecular weight excluding hydrogens is 286 g/mol. The Morgan fingerprint density at radius 3 is 2.26 bits per heavy atom. The van der Waals surface area contributed by atoms with Crippen molar-refractivity contribution in [1.29, 1.82) is 0 Å². The van der Waals surface area contributed by atoms with Crippen molar-refractivity contribution in [1.82, 2.24) is 14.7 Å². The van der Waals surface area contributed by atoms with Crippen molar-refractivity contribution in [3.63, 3.8) is 0 Å². The van der Waals surface area contributed by atoms with Crippen LogP contribution < -0.4 is 0 Å². The molecule has 0 radical (unpaired) electrons.